The van der Waals surface area contributed by atoms with E-state index in [1.807, 2.05) is 20.8 Å². The first-order valence-electron chi connectivity index (χ1n) is 6.61. The van der Waals surface area contributed by atoms with Crippen LogP contribution >= 0.6 is 0 Å². The minimum Gasteiger partial charge on any atom is -0.382 e. The molecule has 0 aromatic carbocycles. The highest BCUT2D eigenvalue weighted by Crippen LogP contribution is 2.14. The average Bonchev–Trinajstić information content (AvgIpc) is 2.71. The summed E-state index contributed by atoms with van der Waals surface area (Å²) in [6, 6.07) is 0. The van der Waals surface area contributed by atoms with E-state index in [2.05, 4.69) is 19.7 Å². The van der Waals surface area contributed by atoms with Crippen LogP contribution in [-0.2, 0) is 16.6 Å². The van der Waals surface area contributed by atoms with Crippen molar-refractivity contribution in [3.8, 4) is 0 Å². The Morgan fingerprint density at radius 2 is 2.00 bits per heavy atom. The van der Waals surface area contributed by atoms with Crippen molar-refractivity contribution in [2.75, 3.05) is 11.5 Å². The van der Waals surface area contributed by atoms with Gasteiger partial charge in [-0.3, -0.25) is 0 Å². The Balaban J connectivity index is 2.02. The minimum atomic E-state index is -3.30. The minimum absolute atomic E-state index is 0.0461. The van der Waals surface area contributed by atoms with Gasteiger partial charge in [-0.2, -0.15) is 0 Å². The van der Waals surface area contributed by atoms with Gasteiger partial charge in [0.15, 0.2) is 11.5 Å². The van der Waals surface area contributed by atoms with Gasteiger partial charge < -0.3 is 10.3 Å². The first-order chi connectivity index (χ1) is 9.68. The van der Waals surface area contributed by atoms with Gasteiger partial charge in [0, 0.05) is 12.1 Å². The van der Waals surface area contributed by atoms with E-state index >= 15 is 0 Å². The predicted octanol–water partition coefficient (Wildman–Crippen LogP) is 0.516. The monoisotopic (exact) mass is 312 g/mol. The summed E-state index contributed by atoms with van der Waals surface area (Å²) in [6.07, 6.45) is 3.42. The van der Waals surface area contributed by atoms with Crippen LogP contribution in [0.4, 0.5) is 5.82 Å². The molecule has 0 fully saturated rings. The standard InChI is InChI=1S/C12H20N6O2S/c1-12(2,3)17-21(19,20)6-4-5-18-8-16-9-10(13)14-7-15-11(9)18/h7-8,17H,4-6H2,1-3H3,(H2,13,14,15). The van der Waals surface area contributed by atoms with Crippen molar-refractivity contribution < 1.29 is 8.42 Å². The molecule has 0 aliphatic heterocycles. The Bertz CT molecular complexity index is 732. The van der Waals surface area contributed by atoms with Gasteiger partial charge in [0.2, 0.25) is 10.0 Å². The fourth-order valence-electron chi connectivity index (χ4n) is 2.00. The van der Waals surface area contributed by atoms with Gasteiger partial charge >= 0.3 is 0 Å². The van der Waals surface area contributed by atoms with Gasteiger partial charge in [-0.15, -0.1) is 0 Å². The average molecular weight is 312 g/mol. The number of rotatable bonds is 5. The number of nitrogen functional groups attached to an aromatic ring is 1. The van der Waals surface area contributed by atoms with Gasteiger partial charge in [0.05, 0.1) is 12.1 Å². The van der Waals surface area contributed by atoms with Gasteiger partial charge in [-0.25, -0.2) is 28.1 Å². The number of anilines is 1. The lowest BCUT2D eigenvalue weighted by atomic mass is 10.1. The van der Waals surface area contributed by atoms with E-state index in [4.69, 9.17) is 5.73 Å². The third-order valence-corrected chi connectivity index (χ3v) is 4.45. The first kappa shape index (κ1) is 15.6. The Hall–Kier alpha value is -1.74. The molecule has 0 aliphatic rings. The molecule has 0 unspecified atom stereocenters. The summed E-state index contributed by atoms with van der Waals surface area (Å²) in [4.78, 5) is 12.1. The van der Waals surface area contributed by atoms with E-state index in [1.165, 1.54) is 6.33 Å². The third kappa shape index (κ3) is 4.11. The van der Waals surface area contributed by atoms with Crippen LogP contribution in [0.5, 0.6) is 0 Å². The summed E-state index contributed by atoms with van der Waals surface area (Å²) in [5, 5.41) is 0. The molecule has 9 heteroatoms. The lowest BCUT2D eigenvalue weighted by Gasteiger charge is -2.20. The number of aromatic nitrogens is 4. The van der Waals surface area contributed by atoms with Crippen LogP contribution in [0.1, 0.15) is 27.2 Å². The van der Waals surface area contributed by atoms with E-state index in [9.17, 15) is 8.42 Å². The number of hydrogen-bond donors (Lipinski definition) is 2. The maximum Gasteiger partial charge on any atom is 0.212 e. The number of imidazole rings is 1. The number of sulfonamides is 1. The van der Waals surface area contributed by atoms with Gasteiger partial charge in [0.1, 0.15) is 11.8 Å². The highest BCUT2D eigenvalue weighted by Gasteiger charge is 2.19. The van der Waals surface area contributed by atoms with E-state index in [1.54, 1.807) is 10.9 Å². The number of hydrogen-bond acceptors (Lipinski definition) is 6. The van der Waals surface area contributed by atoms with E-state index in [0.717, 1.165) is 0 Å². The van der Waals surface area contributed by atoms with Crippen molar-refractivity contribution >= 4 is 27.0 Å². The van der Waals surface area contributed by atoms with Crippen molar-refractivity contribution in [1.29, 1.82) is 0 Å². The highest BCUT2D eigenvalue weighted by atomic mass is 32.2. The molecule has 3 N–H and O–H groups in total. The quantitative estimate of drug-likeness (QED) is 0.831. The normalized spacial score (nSPS) is 12.9. The molecular formula is C12H20N6O2S. The maximum atomic E-state index is 11.9. The summed E-state index contributed by atoms with van der Waals surface area (Å²) in [5.41, 5.74) is 6.38. The molecule has 0 saturated carbocycles. The second kappa shape index (κ2) is 5.57. The molecule has 0 amide bonds. The third-order valence-electron chi connectivity index (χ3n) is 2.70. The van der Waals surface area contributed by atoms with Crippen molar-refractivity contribution in [2.45, 2.75) is 39.3 Å². The Morgan fingerprint density at radius 3 is 2.67 bits per heavy atom. The van der Waals surface area contributed by atoms with Crippen LogP contribution in [0.2, 0.25) is 0 Å². The molecule has 2 aromatic rings. The second-order valence-corrected chi connectivity index (χ2v) is 7.74. The summed E-state index contributed by atoms with van der Waals surface area (Å²) >= 11 is 0. The van der Waals surface area contributed by atoms with Gasteiger partial charge in [-0.05, 0) is 27.2 Å². The van der Waals surface area contributed by atoms with Crippen LogP contribution in [-0.4, -0.2) is 39.2 Å². The molecular weight excluding hydrogens is 292 g/mol. The Morgan fingerprint density at radius 1 is 1.29 bits per heavy atom. The summed E-state index contributed by atoms with van der Waals surface area (Å²) in [6.45, 7) is 5.94. The molecule has 0 aliphatic carbocycles. The molecule has 8 nitrogen and oxygen atoms in total. The van der Waals surface area contributed by atoms with Crippen molar-refractivity contribution in [3.63, 3.8) is 0 Å². The number of nitrogens with two attached hydrogens (primary N) is 1. The molecule has 21 heavy (non-hydrogen) atoms. The molecule has 0 saturated heterocycles. The SMILES string of the molecule is CC(C)(C)NS(=O)(=O)CCCn1cnc2c(N)ncnc21. The fourth-order valence-corrected chi connectivity index (χ4v) is 3.55. The van der Waals surface area contributed by atoms with Crippen LogP contribution in [0.3, 0.4) is 0 Å². The van der Waals surface area contributed by atoms with E-state index in [-0.39, 0.29) is 5.75 Å². The van der Waals surface area contributed by atoms with Crippen LogP contribution in [0, 0.1) is 0 Å². The Kier molecular flexibility index (Phi) is 4.15. The topological polar surface area (TPSA) is 116 Å². The highest BCUT2D eigenvalue weighted by molar-refractivity contribution is 7.89. The fraction of sp³-hybridized carbons (Fsp3) is 0.583. The molecule has 2 aromatic heterocycles. The molecule has 116 valence electrons. The number of nitrogens with one attached hydrogen (secondary N) is 1. The van der Waals surface area contributed by atoms with E-state index < -0.39 is 15.6 Å². The zero-order valence-electron chi connectivity index (χ0n) is 12.4. The molecule has 0 bridgehead atoms. The molecule has 0 radical (unpaired) electrons. The smallest absolute Gasteiger partial charge is 0.212 e. The first-order valence-corrected chi connectivity index (χ1v) is 8.26. The van der Waals surface area contributed by atoms with Crippen LogP contribution in [0.25, 0.3) is 11.2 Å². The lowest BCUT2D eigenvalue weighted by Crippen LogP contribution is -2.41. The van der Waals surface area contributed by atoms with Crippen molar-refractivity contribution in [3.05, 3.63) is 12.7 Å². The summed E-state index contributed by atoms with van der Waals surface area (Å²) in [5.74, 6) is 0.366. The zero-order chi connectivity index (χ0) is 15.7. The van der Waals surface area contributed by atoms with Gasteiger partial charge in [-0.1, -0.05) is 0 Å². The van der Waals surface area contributed by atoms with Gasteiger partial charge in [0.25, 0.3) is 0 Å². The van der Waals surface area contributed by atoms with Crippen LogP contribution in [0.15, 0.2) is 12.7 Å². The largest absolute Gasteiger partial charge is 0.382 e. The van der Waals surface area contributed by atoms with Crippen molar-refractivity contribution in [2.24, 2.45) is 0 Å². The van der Waals surface area contributed by atoms with Crippen molar-refractivity contribution in [1.82, 2.24) is 24.2 Å². The molecule has 2 rings (SSSR count). The second-order valence-electron chi connectivity index (χ2n) is 5.89. The number of aryl methyl sites for hydroxylation is 1. The lowest BCUT2D eigenvalue weighted by molar-refractivity contribution is 0.489. The number of nitrogens with zero attached hydrogens (tertiary/aromatic N) is 4. The molecule has 2 heterocycles. The van der Waals surface area contributed by atoms with Crippen LogP contribution < -0.4 is 10.5 Å². The molecule has 0 atom stereocenters. The number of fused-ring (bicyclic) bond motifs is 1. The Labute approximate surface area is 123 Å². The zero-order valence-corrected chi connectivity index (χ0v) is 13.2. The maximum absolute atomic E-state index is 11.9. The summed E-state index contributed by atoms with van der Waals surface area (Å²) in [7, 11) is -3.30. The summed E-state index contributed by atoms with van der Waals surface area (Å²) < 4.78 is 28.2. The molecule has 0 spiro atoms. The predicted molar refractivity (Wildman–Crippen MR) is 81.0 cm³/mol. The van der Waals surface area contributed by atoms with E-state index in [0.29, 0.717) is 29.9 Å².